The lowest BCUT2D eigenvalue weighted by atomic mass is 10.1. The van der Waals surface area contributed by atoms with Crippen molar-refractivity contribution in [2.45, 2.75) is 25.2 Å². The van der Waals surface area contributed by atoms with Crippen LogP contribution >= 0.6 is 0 Å². The van der Waals surface area contributed by atoms with Gasteiger partial charge in [-0.05, 0) is 30.5 Å². The molecule has 1 unspecified atom stereocenters. The molecular weight excluding hydrogens is 328 g/mol. The number of aryl methyl sites for hydroxylation is 1. The Hall–Kier alpha value is -3.02. The van der Waals surface area contributed by atoms with Crippen molar-refractivity contribution in [3.8, 4) is 11.5 Å². The maximum absolute atomic E-state index is 12.3. The third-order valence-corrected chi connectivity index (χ3v) is 4.64. The fourth-order valence-electron chi connectivity index (χ4n) is 3.27. The number of pyridine rings is 1. The highest BCUT2D eigenvalue weighted by Crippen LogP contribution is 2.28. The van der Waals surface area contributed by atoms with Crippen LogP contribution in [0.2, 0.25) is 0 Å². The molecule has 3 aromatic rings. The Morgan fingerprint density at radius 3 is 2.77 bits per heavy atom. The van der Waals surface area contributed by atoms with Crippen LogP contribution < -0.4 is 0 Å². The Kier molecular flexibility index (Phi) is 4.73. The van der Waals surface area contributed by atoms with E-state index in [-0.39, 0.29) is 11.8 Å². The molecule has 0 saturated carbocycles. The van der Waals surface area contributed by atoms with Gasteiger partial charge < -0.3 is 9.42 Å². The van der Waals surface area contributed by atoms with E-state index < -0.39 is 0 Å². The molecule has 2 aromatic heterocycles. The van der Waals surface area contributed by atoms with Gasteiger partial charge in [0.05, 0.1) is 5.92 Å². The second-order valence-electron chi connectivity index (χ2n) is 6.50. The van der Waals surface area contributed by atoms with E-state index in [0.717, 1.165) is 19.4 Å². The van der Waals surface area contributed by atoms with Crippen LogP contribution in [-0.4, -0.2) is 39.0 Å². The number of aromatic nitrogens is 3. The third kappa shape index (κ3) is 3.64. The van der Waals surface area contributed by atoms with Crippen molar-refractivity contribution in [1.29, 1.82) is 0 Å². The number of benzene rings is 1. The summed E-state index contributed by atoms with van der Waals surface area (Å²) in [5, 5.41) is 4.00. The zero-order valence-electron chi connectivity index (χ0n) is 14.4. The highest BCUT2D eigenvalue weighted by molar-refractivity contribution is 5.79. The van der Waals surface area contributed by atoms with Crippen LogP contribution in [0.25, 0.3) is 11.5 Å². The number of rotatable bonds is 6. The molecule has 0 bridgehead atoms. The van der Waals surface area contributed by atoms with Crippen LogP contribution in [0.3, 0.4) is 0 Å². The van der Waals surface area contributed by atoms with Gasteiger partial charge in [0.15, 0.2) is 0 Å². The summed E-state index contributed by atoms with van der Waals surface area (Å²) in [6, 6.07) is 15.9. The van der Waals surface area contributed by atoms with Crippen LogP contribution in [0.15, 0.2) is 59.3 Å². The lowest BCUT2D eigenvalue weighted by molar-refractivity contribution is -0.127. The minimum absolute atomic E-state index is 0.0378. The van der Waals surface area contributed by atoms with E-state index in [9.17, 15) is 4.79 Å². The molecule has 0 spiro atoms. The van der Waals surface area contributed by atoms with Crippen molar-refractivity contribution >= 4 is 5.91 Å². The van der Waals surface area contributed by atoms with Crippen LogP contribution in [0, 0.1) is 0 Å². The maximum atomic E-state index is 12.3. The number of likely N-dealkylation sites (tertiary alicyclic amines) is 1. The number of carbonyl (C=O) groups is 1. The van der Waals surface area contributed by atoms with E-state index >= 15 is 0 Å². The van der Waals surface area contributed by atoms with Crippen molar-refractivity contribution in [3.63, 3.8) is 0 Å². The topological polar surface area (TPSA) is 72.1 Å². The zero-order chi connectivity index (χ0) is 17.8. The monoisotopic (exact) mass is 348 g/mol. The molecule has 1 aromatic carbocycles. The Morgan fingerprint density at radius 1 is 1.12 bits per heavy atom. The second kappa shape index (κ2) is 7.47. The summed E-state index contributed by atoms with van der Waals surface area (Å²) in [6.07, 6.45) is 4.04. The van der Waals surface area contributed by atoms with Crippen molar-refractivity contribution in [2.75, 3.05) is 13.1 Å². The molecular formula is C20H20N4O2. The van der Waals surface area contributed by atoms with Gasteiger partial charge in [-0.3, -0.25) is 9.78 Å². The molecule has 0 aliphatic carbocycles. The van der Waals surface area contributed by atoms with Gasteiger partial charge in [0.1, 0.15) is 5.69 Å². The summed E-state index contributed by atoms with van der Waals surface area (Å²) < 4.78 is 5.39. The summed E-state index contributed by atoms with van der Waals surface area (Å²) in [5.41, 5.74) is 1.97. The van der Waals surface area contributed by atoms with Gasteiger partial charge in [-0.15, -0.1) is 0 Å². The lowest BCUT2D eigenvalue weighted by Gasteiger charge is -2.15. The molecule has 0 radical (unpaired) electrons. The molecule has 26 heavy (non-hydrogen) atoms. The van der Waals surface area contributed by atoms with Gasteiger partial charge in [-0.1, -0.05) is 41.6 Å². The largest absolute Gasteiger partial charge is 0.342 e. The average molecular weight is 348 g/mol. The first kappa shape index (κ1) is 16.4. The molecule has 1 saturated heterocycles. The standard InChI is InChI=1S/C20H20N4O2/c25-18-13-16(14-24(18)12-6-9-15-7-2-1-3-8-15)20-22-19(23-26-20)17-10-4-5-11-21-17/h1-5,7-8,10-11,16H,6,9,12-14H2. The molecule has 4 rings (SSSR count). The molecule has 1 aliphatic heterocycles. The highest BCUT2D eigenvalue weighted by atomic mass is 16.5. The molecule has 1 atom stereocenters. The van der Waals surface area contributed by atoms with E-state index in [2.05, 4.69) is 27.3 Å². The smallest absolute Gasteiger partial charge is 0.232 e. The summed E-state index contributed by atoms with van der Waals surface area (Å²) in [4.78, 5) is 22.9. The molecule has 1 aliphatic rings. The Bertz CT molecular complexity index is 864. The predicted molar refractivity (Wildman–Crippen MR) is 96.2 cm³/mol. The zero-order valence-corrected chi connectivity index (χ0v) is 14.4. The quantitative estimate of drug-likeness (QED) is 0.684. The predicted octanol–water partition coefficient (Wildman–Crippen LogP) is 3.08. The molecule has 0 N–H and O–H groups in total. The number of amides is 1. The van der Waals surface area contributed by atoms with Crippen LogP contribution in [-0.2, 0) is 11.2 Å². The first-order valence-corrected chi connectivity index (χ1v) is 8.86. The molecule has 1 fully saturated rings. The number of hydrogen-bond acceptors (Lipinski definition) is 5. The van der Waals surface area contributed by atoms with Crippen molar-refractivity contribution < 1.29 is 9.32 Å². The maximum Gasteiger partial charge on any atom is 0.232 e. The summed E-state index contributed by atoms with van der Waals surface area (Å²) in [7, 11) is 0. The van der Waals surface area contributed by atoms with E-state index in [1.54, 1.807) is 6.20 Å². The van der Waals surface area contributed by atoms with Gasteiger partial charge in [-0.25, -0.2) is 0 Å². The van der Waals surface area contributed by atoms with E-state index in [1.807, 2.05) is 41.3 Å². The fraction of sp³-hybridized carbons (Fsp3) is 0.300. The molecule has 132 valence electrons. The molecule has 6 nitrogen and oxygen atoms in total. The Morgan fingerprint density at radius 2 is 1.96 bits per heavy atom. The van der Waals surface area contributed by atoms with Crippen LogP contribution in [0.4, 0.5) is 0 Å². The lowest BCUT2D eigenvalue weighted by Crippen LogP contribution is -2.26. The van der Waals surface area contributed by atoms with Gasteiger partial charge in [-0.2, -0.15) is 4.98 Å². The Labute approximate surface area is 151 Å². The number of carbonyl (C=O) groups excluding carboxylic acids is 1. The Balaban J connectivity index is 1.35. The number of nitrogens with zero attached hydrogens (tertiary/aromatic N) is 4. The van der Waals surface area contributed by atoms with Crippen molar-refractivity contribution in [3.05, 3.63) is 66.2 Å². The number of hydrogen-bond donors (Lipinski definition) is 0. The summed E-state index contributed by atoms with van der Waals surface area (Å²) >= 11 is 0. The minimum Gasteiger partial charge on any atom is -0.342 e. The summed E-state index contributed by atoms with van der Waals surface area (Å²) in [5.74, 6) is 1.10. The molecule has 6 heteroatoms. The fourth-order valence-corrected chi connectivity index (χ4v) is 3.27. The third-order valence-electron chi connectivity index (χ3n) is 4.64. The first-order chi connectivity index (χ1) is 12.8. The second-order valence-corrected chi connectivity index (χ2v) is 6.50. The average Bonchev–Trinajstić information content (AvgIpc) is 3.31. The first-order valence-electron chi connectivity index (χ1n) is 8.86. The van der Waals surface area contributed by atoms with Gasteiger partial charge in [0.25, 0.3) is 0 Å². The van der Waals surface area contributed by atoms with E-state index in [1.165, 1.54) is 5.56 Å². The SMILES string of the molecule is O=C1CC(c2nc(-c3ccccn3)no2)CN1CCCc1ccccc1. The van der Waals surface area contributed by atoms with Crippen molar-refractivity contribution in [1.82, 2.24) is 20.0 Å². The highest BCUT2D eigenvalue weighted by Gasteiger charge is 2.34. The van der Waals surface area contributed by atoms with Crippen LogP contribution in [0.1, 0.15) is 30.2 Å². The van der Waals surface area contributed by atoms with Gasteiger partial charge in [0.2, 0.25) is 17.6 Å². The normalized spacial score (nSPS) is 17.0. The minimum atomic E-state index is -0.0378. The molecule has 1 amide bonds. The van der Waals surface area contributed by atoms with Gasteiger partial charge >= 0.3 is 0 Å². The van der Waals surface area contributed by atoms with Crippen LogP contribution in [0.5, 0.6) is 0 Å². The molecule has 3 heterocycles. The van der Waals surface area contributed by atoms with E-state index in [0.29, 0.717) is 30.4 Å². The van der Waals surface area contributed by atoms with Crippen molar-refractivity contribution in [2.24, 2.45) is 0 Å². The summed E-state index contributed by atoms with van der Waals surface area (Å²) in [6.45, 7) is 1.39. The van der Waals surface area contributed by atoms with E-state index in [4.69, 9.17) is 4.52 Å². The van der Waals surface area contributed by atoms with Gasteiger partial charge in [0, 0.05) is 25.7 Å².